The van der Waals surface area contributed by atoms with E-state index in [0.717, 1.165) is 17.0 Å². The molecule has 0 spiro atoms. The second kappa shape index (κ2) is 9.95. The number of carboxylic acids is 1. The molecule has 0 bridgehead atoms. The molecule has 2 rings (SSSR count). The Hall–Kier alpha value is -2.53. The molecule has 0 saturated carbocycles. The molecule has 1 aromatic heterocycles. The lowest BCUT2D eigenvalue weighted by Crippen LogP contribution is -2.33. The zero-order chi connectivity index (χ0) is 24.3. The van der Waals surface area contributed by atoms with Gasteiger partial charge in [0.1, 0.15) is 10.8 Å². The molecule has 0 aliphatic carbocycles. The standard InChI is InChI=1S/C21H24F3NO5S2/c1-5-15-11-16(17(26)13-7-9-14(10-8-13)30-21(22,23)24)18(31-15)25-20(29)32(4,6-2)12(3)19(27)28/h7-12H,5-6H2,1-4H3,(H,25,29)(H,27,28). The van der Waals surface area contributed by atoms with Crippen LogP contribution in [-0.2, 0) is 11.2 Å². The predicted molar refractivity (Wildman–Crippen MR) is 120 cm³/mol. The molecule has 0 fully saturated rings. The van der Waals surface area contributed by atoms with Crippen molar-refractivity contribution in [2.75, 3.05) is 17.3 Å². The van der Waals surface area contributed by atoms with Gasteiger partial charge < -0.3 is 15.2 Å². The Balaban J connectivity index is 2.35. The third-order valence-corrected chi connectivity index (χ3v) is 10.2. The van der Waals surface area contributed by atoms with Gasteiger partial charge >= 0.3 is 12.3 Å². The molecule has 6 nitrogen and oxygen atoms in total. The topological polar surface area (TPSA) is 92.7 Å². The third-order valence-electron chi connectivity index (χ3n) is 5.09. The number of aryl methyl sites for hydroxylation is 1. The van der Waals surface area contributed by atoms with Crippen LogP contribution in [0, 0.1) is 0 Å². The van der Waals surface area contributed by atoms with Gasteiger partial charge in [-0.3, -0.25) is 14.4 Å². The van der Waals surface area contributed by atoms with Crippen molar-refractivity contribution in [1.82, 2.24) is 0 Å². The van der Waals surface area contributed by atoms with Crippen LogP contribution in [0.15, 0.2) is 30.3 Å². The first-order valence-electron chi connectivity index (χ1n) is 9.64. The molecular weight excluding hydrogens is 467 g/mol. The average Bonchev–Trinajstić information content (AvgIpc) is 3.14. The second-order valence-electron chi connectivity index (χ2n) is 7.05. The van der Waals surface area contributed by atoms with E-state index in [0.29, 0.717) is 12.2 Å². The van der Waals surface area contributed by atoms with E-state index < -0.39 is 44.4 Å². The Morgan fingerprint density at radius 2 is 1.78 bits per heavy atom. The monoisotopic (exact) mass is 491 g/mol. The van der Waals surface area contributed by atoms with Crippen LogP contribution in [0.4, 0.5) is 23.0 Å². The summed E-state index contributed by atoms with van der Waals surface area (Å²) < 4.78 is 40.9. The van der Waals surface area contributed by atoms with Crippen molar-refractivity contribution < 1.29 is 37.4 Å². The van der Waals surface area contributed by atoms with Crippen LogP contribution < -0.4 is 10.1 Å². The van der Waals surface area contributed by atoms with Gasteiger partial charge in [0.05, 0.1) is 10.8 Å². The van der Waals surface area contributed by atoms with Crippen molar-refractivity contribution in [3.8, 4) is 5.75 Å². The average molecular weight is 492 g/mol. The van der Waals surface area contributed by atoms with Crippen LogP contribution in [0.1, 0.15) is 41.6 Å². The second-order valence-corrected chi connectivity index (χ2v) is 12.2. The minimum atomic E-state index is -4.84. The number of halogens is 3. The number of carbonyl (C=O) groups is 3. The van der Waals surface area contributed by atoms with Gasteiger partial charge in [-0.15, -0.1) is 24.5 Å². The number of anilines is 1. The SMILES string of the molecule is CCc1cc(C(=O)c2ccc(OC(F)(F)F)cc2)c(NC(=O)S(C)(CC)C(C)C(=O)O)s1. The summed E-state index contributed by atoms with van der Waals surface area (Å²) in [6.45, 7) is 5.11. The zero-order valence-electron chi connectivity index (χ0n) is 17.9. The van der Waals surface area contributed by atoms with Crippen molar-refractivity contribution in [1.29, 1.82) is 0 Å². The molecular formula is C21H24F3NO5S2. The van der Waals surface area contributed by atoms with Gasteiger partial charge in [-0.1, -0.05) is 13.8 Å². The van der Waals surface area contributed by atoms with Crippen molar-refractivity contribution in [2.45, 2.75) is 38.8 Å². The number of carboxylic acid groups (broad SMARTS) is 1. The molecule has 2 aromatic rings. The van der Waals surface area contributed by atoms with Crippen LogP contribution >= 0.6 is 21.4 Å². The number of ketones is 1. The van der Waals surface area contributed by atoms with E-state index in [9.17, 15) is 32.7 Å². The minimum Gasteiger partial charge on any atom is -0.480 e. The lowest BCUT2D eigenvalue weighted by atomic mass is 10.0. The largest absolute Gasteiger partial charge is 0.573 e. The summed E-state index contributed by atoms with van der Waals surface area (Å²) in [4.78, 5) is 38.4. The molecule has 0 radical (unpaired) electrons. The summed E-state index contributed by atoms with van der Waals surface area (Å²) in [5, 5.41) is 11.1. The van der Waals surface area contributed by atoms with Gasteiger partial charge in [-0.2, -0.15) is 10.0 Å². The summed E-state index contributed by atoms with van der Waals surface area (Å²) in [6, 6.07) is 6.14. The number of aliphatic carboxylic acids is 1. The Morgan fingerprint density at radius 1 is 1.19 bits per heavy atom. The first-order valence-corrected chi connectivity index (χ1v) is 12.7. The number of rotatable bonds is 8. The van der Waals surface area contributed by atoms with Crippen LogP contribution in [0.2, 0.25) is 0 Å². The summed E-state index contributed by atoms with van der Waals surface area (Å²) in [7, 11) is -2.24. The molecule has 2 unspecified atom stereocenters. The molecule has 32 heavy (non-hydrogen) atoms. The van der Waals surface area contributed by atoms with Gasteiger partial charge in [-0.05, 0) is 55.7 Å². The Bertz CT molecular complexity index is 1000. The van der Waals surface area contributed by atoms with E-state index in [1.165, 1.54) is 30.4 Å². The maximum atomic E-state index is 13.0. The number of amides is 1. The first-order chi connectivity index (χ1) is 14.8. The maximum absolute atomic E-state index is 13.0. The fraction of sp³-hybridized carbons (Fsp3) is 0.381. The van der Waals surface area contributed by atoms with E-state index in [-0.39, 0.29) is 16.1 Å². The lowest BCUT2D eigenvalue weighted by Gasteiger charge is -2.36. The molecule has 2 atom stereocenters. The summed E-state index contributed by atoms with van der Waals surface area (Å²) in [5.41, 5.74) is 0.325. The van der Waals surface area contributed by atoms with Gasteiger partial charge in [-0.25, -0.2) is 0 Å². The number of hydrogen-bond acceptors (Lipinski definition) is 5. The number of benzene rings is 1. The Labute approximate surface area is 189 Å². The number of alkyl halides is 3. The molecule has 0 aliphatic heterocycles. The van der Waals surface area contributed by atoms with E-state index >= 15 is 0 Å². The first kappa shape index (κ1) is 25.7. The number of ether oxygens (including phenoxy) is 1. The van der Waals surface area contributed by atoms with E-state index in [1.54, 1.807) is 19.2 Å². The summed E-state index contributed by atoms with van der Waals surface area (Å²) in [5.74, 6) is -1.65. The van der Waals surface area contributed by atoms with Crippen molar-refractivity contribution in [2.24, 2.45) is 0 Å². The Morgan fingerprint density at radius 3 is 2.25 bits per heavy atom. The highest BCUT2D eigenvalue weighted by Crippen LogP contribution is 2.50. The maximum Gasteiger partial charge on any atom is 0.573 e. The quantitative estimate of drug-likeness (QED) is 0.449. The third kappa shape index (κ3) is 5.83. The fourth-order valence-corrected chi connectivity index (χ4v) is 5.73. The molecule has 1 heterocycles. The van der Waals surface area contributed by atoms with Crippen LogP contribution in [0.25, 0.3) is 0 Å². The summed E-state index contributed by atoms with van der Waals surface area (Å²) in [6.07, 6.45) is -2.60. The smallest absolute Gasteiger partial charge is 0.480 e. The highest BCUT2D eigenvalue weighted by molar-refractivity contribution is 8.45. The predicted octanol–water partition coefficient (Wildman–Crippen LogP) is 5.90. The highest BCUT2D eigenvalue weighted by Gasteiger charge is 2.37. The zero-order valence-corrected chi connectivity index (χ0v) is 19.5. The van der Waals surface area contributed by atoms with E-state index in [1.807, 2.05) is 6.92 Å². The number of carbonyl (C=O) groups excluding carboxylic acids is 2. The number of thiophene rings is 1. The lowest BCUT2D eigenvalue weighted by molar-refractivity contribution is -0.274. The minimum absolute atomic E-state index is 0.125. The van der Waals surface area contributed by atoms with Gasteiger partial charge in [0, 0.05) is 10.4 Å². The van der Waals surface area contributed by atoms with Crippen molar-refractivity contribution in [3.05, 3.63) is 46.3 Å². The molecule has 1 amide bonds. The Kier molecular flexibility index (Phi) is 8.00. The molecule has 0 aliphatic rings. The van der Waals surface area contributed by atoms with Gasteiger partial charge in [0.2, 0.25) is 0 Å². The fourth-order valence-electron chi connectivity index (χ4n) is 2.81. The van der Waals surface area contributed by atoms with Gasteiger partial charge in [0.15, 0.2) is 5.78 Å². The number of nitrogens with one attached hydrogen (secondary N) is 1. The normalized spacial score (nSPS) is 15.3. The summed E-state index contributed by atoms with van der Waals surface area (Å²) >= 11 is 1.21. The van der Waals surface area contributed by atoms with E-state index in [4.69, 9.17) is 0 Å². The van der Waals surface area contributed by atoms with Crippen LogP contribution in [0.3, 0.4) is 0 Å². The molecule has 176 valence electrons. The molecule has 1 aromatic carbocycles. The number of hydrogen-bond donors (Lipinski definition) is 2. The molecule has 0 saturated heterocycles. The van der Waals surface area contributed by atoms with Crippen molar-refractivity contribution >= 4 is 43.4 Å². The van der Waals surface area contributed by atoms with Crippen LogP contribution in [-0.4, -0.2) is 45.7 Å². The van der Waals surface area contributed by atoms with Gasteiger partial charge in [0.25, 0.3) is 5.24 Å². The molecule has 2 N–H and O–H groups in total. The van der Waals surface area contributed by atoms with Crippen molar-refractivity contribution in [3.63, 3.8) is 0 Å². The van der Waals surface area contributed by atoms with E-state index in [2.05, 4.69) is 10.1 Å². The van der Waals surface area contributed by atoms with Crippen LogP contribution in [0.5, 0.6) is 5.75 Å². The molecule has 11 heteroatoms. The highest BCUT2D eigenvalue weighted by atomic mass is 32.3.